The van der Waals surface area contributed by atoms with E-state index in [1.54, 1.807) is 31.2 Å². The molecule has 0 fully saturated rings. The Kier molecular flexibility index (Phi) is 7.43. The number of hydrogen-bond donors (Lipinski definition) is 2. The normalized spacial score (nSPS) is 15.0. The first-order valence-electron chi connectivity index (χ1n) is 11.0. The highest BCUT2D eigenvalue weighted by Crippen LogP contribution is 2.40. The Morgan fingerprint density at radius 2 is 2.06 bits per heavy atom. The van der Waals surface area contributed by atoms with Crippen molar-refractivity contribution in [2.24, 2.45) is 0 Å². The molecule has 1 unspecified atom stereocenters. The molecule has 2 heterocycles. The van der Waals surface area contributed by atoms with Gasteiger partial charge in [0.25, 0.3) is 5.91 Å². The van der Waals surface area contributed by atoms with Crippen LogP contribution < -0.4 is 15.4 Å². The molecule has 4 rings (SSSR count). The Labute approximate surface area is 206 Å². The van der Waals surface area contributed by atoms with Gasteiger partial charge in [-0.15, -0.1) is 5.10 Å². The molecule has 0 saturated carbocycles. The molecule has 0 bridgehead atoms. The summed E-state index contributed by atoms with van der Waals surface area (Å²) in [5.74, 6) is 0.844. The number of para-hydroxylation sites is 2. The highest BCUT2D eigenvalue weighted by Gasteiger charge is 2.37. The zero-order chi connectivity index (χ0) is 24.2. The highest BCUT2D eigenvalue weighted by molar-refractivity contribution is 7.99. The second-order valence-electron chi connectivity index (χ2n) is 7.60. The number of aromatic nitrogens is 3. The van der Waals surface area contributed by atoms with E-state index < -0.39 is 17.8 Å². The molecular formula is C24H25ClFN5O2S. The number of anilines is 2. The molecular weight excluding hydrogens is 477 g/mol. The standard InChI is InChI=1S/C24H25ClFN5O2S/c1-4-13-34-24-29-23-27-14(3)19(22(32)28-17-11-6-7-12-18(17)33-5-2)21(31(23)30-24)20-15(25)9-8-10-16(20)26/h6-12,21H,4-5,13H2,1-3H3,(H,28,32)(H,27,29,30). The van der Waals surface area contributed by atoms with Crippen molar-refractivity contribution in [1.29, 1.82) is 0 Å². The van der Waals surface area contributed by atoms with Gasteiger partial charge in [-0.3, -0.25) is 4.79 Å². The van der Waals surface area contributed by atoms with E-state index >= 15 is 4.39 Å². The molecule has 1 amide bonds. The maximum atomic E-state index is 15.1. The van der Waals surface area contributed by atoms with Crippen molar-refractivity contribution in [2.45, 2.75) is 38.4 Å². The average molecular weight is 502 g/mol. The van der Waals surface area contributed by atoms with Crippen LogP contribution in [0.1, 0.15) is 38.8 Å². The van der Waals surface area contributed by atoms with Crippen molar-refractivity contribution in [3.8, 4) is 5.75 Å². The number of rotatable bonds is 8. The molecule has 1 aliphatic heterocycles. The van der Waals surface area contributed by atoms with Crippen LogP contribution >= 0.6 is 23.4 Å². The molecule has 1 aromatic heterocycles. The van der Waals surface area contributed by atoms with E-state index in [2.05, 4.69) is 27.6 Å². The smallest absolute Gasteiger partial charge is 0.255 e. The molecule has 7 nitrogen and oxygen atoms in total. The van der Waals surface area contributed by atoms with E-state index in [4.69, 9.17) is 16.3 Å². The second-order valence-corrected chi connectivity index (χ2v) is 9.07. The van der Waals surface area contributed by atoms with Crippen molar-refractivity contribution < 1.29 is 13.9 Å². The minimum atomic E-state index is -0.910. The fourth-order valence-corrected chi connectivity index (χ4v) is 4.71. The summed E-state index contributed by atoms with van der Waals surface area (Å²) in [6.45, 7) is 6.14. The van der Waals surface area contributed by atoms with E-state index in [9.17, 15) is 4.79 Å². The average Bonchev–Trinajstić information content (AvgIpc) is 3.21. The quantitative estimate of drug-likeness (QED) is 0.374. The molecule has 2 N–H and O–H groups in total. The lowest BCUT2D eigenvalue weighted by Crippen LogP contribution is -2.32. The first-order valence-corrected chi connectivity index (χ1v) is 12.3. The minimum absolute atomic E-state index is 0.159. The third-order valence-electron chi connectivity index (χ3n) is 5.22. The Bertz CT molecular complexity index is 1230. The number of nitrogens with one attached hydrogen (secondary N) is 2. The lowest BCUT2D eigenvalue weighted by atomic mass is 9.94. The molecule has 178 valence electrons. The van der Waals surface area contributed by atoms with Crippen LogP contribution in [0.5, 0.6) is 5.75 Å². The zero-order valence-electron chi connectivity index (χ0n) is 19.1. The first-order chi connectivity index (χ1) is 16.4. The largest absolute Gasteiger partial charge is 0.492 e. The van der Waals surface area contributed by atoms with E-state index in [0.29, 0.717) is 34.8 Å². The van der Waals surface area contributed by atoms with Gasteiger partial charge in [-0.05, 0) is 44.5 Å². The van der Waals surface area contributed by atoms with Crippen LogP contribution in [0.4, 0.5) is 16.0 Å². The van der Waals surface area contributed by atoms with Crippen molar-refractivity contribution in [3.05, 3.63) is 70.1 Å². The predicted octanol–water partition coefficient (Wildman–Crippen LogP) is 5.90. The SMILES string of the molecule is CCCSc1nc2n(n1)C(c1c(F)cccc1Cl)C(C(=O)Nc1ccccc1OCC)=C(C)N2. The van der Waals surface area contributed by atoms with Crippen molar-refractivity contribution in [2.75, 3.05) is 23.0 Å². The number of thioether (sulfide) groups is 1. The second kappa shape index (κ2) is 10.5. The number of carbonyl (C=O) groups is 1. The number of amides is 1. The van der Waals surface area contributed by atoms with Crippen LogP contribution in [-0.4, -0.2) is 33.0 Å². The molecule has 0 spiro atoms. The number of benzene rings is 2. The van der Waals surface area contributed by atoms with Crippen molar-refractivity contribution in [3.63, 3.8) is 0 Å². The first kappa shape index (κ1) is 24.1. The van der Waals surface area contributed by atoms with Gasteiger partial charge in [-0.1, -0.05) is 48.5 Å². The molecule has 10 heteroatoms. The van der Waals surface area contributed by atoms with Gasteiger partial charge >= 0.3 is 0 Å². The van der Waals surface area contributed by atoms with E-state index in [1.165, 1.54) is 28.6 Å². The van der Waals surface area contributed by atoms with Crippen molar-refractivity contribution >= 4 is 40.9 Å². The fourth-order valence-electron chi connectivity index (χ4n) is 3.76. The van der Waals surface area contributed by atoms with Gasteiger partial charge < -0.3 is 15.4 Å². The van der Waals surface area contributed by atoms with Crippen molar-refractivity contribution in [1.82, 2.24) is 14.8 Å². The summed E-state index contributed by atoms with van der Waals surface area (Å²) in [5, 5.41) is 11.4. The molecule has 1 aliphatic rings. The lowest BCUT2D eigenvalue weighted by Gasteiger charge is -2.29. The van der Waals surface area contributed by atoms with Gasteiger partial charge in [0.15, 0.2) is 0 Å². The van der Waals surface area contributed by atoms with Gasteiger partial charge in [0.1, 0.15) is 17.6 Å². The molecule has 2 aromatic carbocycles. The van der Waals surface area contributed by atoms with Gasteiger partial charge in [-0.2, -0.15) is 4.98 Å². The maximum Gasteiger partial charge on any atom is 0.255 e. The van der Waals surface area contributed by atoms with Crippen LogP contribution in [0.15, 0.2) is 58.9 Å². The number of halogens is 2. The summed E-state index contributed by atoms with van der Waals surface area (Å²) in [6, 6.07) is 10.7. The maximum absolute atomic E-state index is 15.1. The molecule has 0 saturated heterocycles. The van der Waals surface area contributed by atoms with Crippen LogP contribution in [-0.2, 0) is 4.79 Å². The Balaban J connectivity index is 1.80. The van der Waals surface area contributed by atoms with Crippen LogP contribution in [0.25, 0.3) is 0 Å². The minimum Gasteiger partial charge on any atom is -0.492 e. The Hall–Kier alpha value is -3.04. The van der Waals surface area contributed by atoms with Gasteiger partial charge in [0, 0.05) is 22.0 Å². The van der Waals surface area contributed by atoms with Gasteiger partial charge in [0.2, 0.25) is 11.1 Å². The molecule has 1 atom stereocenters. The summed E-state index contributed by atoms with van der Waals surface area (Å²) in [4.78, 5) is 18.2. The third-order valence-corrected chi connectivity index (χ3v) is 6.59. The molecule has 3 aromatic rings. The number of ether oxygens (including phenoxy) is 1. The topological polar surface area (TPSA) is 81.1 Å². The molecule has 34 heavy (non-hydrogen) atoms. The van der Waals surface area contributed by atoms with E-state index in [1.807, 2.05) is 13.0 Å². The summed E-state index contributed by atoms with van der Waals surface area (Å²) in [5.41, 5.74) is 1.48. The van der Waals surface area contributed by atoms with Gasteiger partial charge in [0.05, 0.1) is 17.9 Å². The number of fused-ring (bicyclic) bond motifs is 1. The number of allylic oxidation sites excluding steroid dienone is 1. The molecule has 0 radical (unpaired) electrons. The molecule has 0 aliphatic carbocycles. The zero-order valence-corrected chi connectivity index (χ0v) is 20.6. The summed E-state index contributed by atoms with van der Waals surface area (Å²) >= 11 is 7.96. The van der Waals surface area contributed by atoms with Crippen LogP contribution in [0, 0.1) is 5.82 Å². The summed E-state index contributed by atoms with van der Waals surface area (Å²) in [6.07, 6.45) is 0.953. The van der Waals surface area contributed by atoms with E-state index in [0.717, 1.165) is 12.2 Å². The monoisotopic (exact) mass is 501 g/mol. The van der Waals surface area contributed by atoms with Crippen LogP contribution in [0.3, 0.4) is 0 Å². The van der Waals surface area contributed by atoms with Gasteiger partial charge in [-0.25, -0.2) is 9.07 Å². The lowest BCUT2D eigenvalue weighted by molar-refractivity contribution is -0.113. The fraction of sp³-hybridized carbons (Fsp3) is 0.292. The number of hydrogen-bond acceptors (Lipinski definition) is 6. The van der Waals surface area contributed by atoms with Crippen LogP contribution in [0.2, 0.25) is 5.02 Å². The third kappa shape index (κ3) is 4.76. The Morgan fingerprint density at radius 1 is 1.26 bits per heavy atom. The van der Waals surface area contributed by atoms with E-state index in [-0.39, 0.29) is 16.2 Å². The highest BCUT2D eigenvalue weighted by atomic mass is 35.5. The number of carbonyl (C=O) groups excluding carboxylic acids is 1. The number of nitrogens with zero attached hydrogens (tertiary/aromatic N) is 3. The Morgan fingerprint density at radius 3 is 2.79 bits per heavy atom. The predicted molar refractivity (Wildman–Crippen MR) is 133 cm³/mol. The summed E-state index contributed by atoms with van der Waals surface area (Å²) in [7, 11) is 0. The summed E-state index contributed by atoms with van der Waals surface area (Å²) < 4.78 is 22.3.